The highest BCUT2D eigenvalue weighted by Crippen LogP contribution is 2.39. The lowest BCUT2D eigenvalue weighted by molar-refractivity contribution is 0.226. The molecule has 1 saturated heterocycles. The Bertz CT molecular complexity index is 241. The third-order valence-electron chi connectivity index (χ3n) is 4.14. The van der Waals surface area contributed by atoms with E-state index >= 15 is 0 Å². The molecule has 0 aromatic heterocycles. The van der Waals surface area contributed by atoms with Gasteiger partial charge in [0.05, 0.1) is 12.2 Å². The molecule has 3 heteroatoms. The van der Waals surface area contributed by atoms with Crippen LogP contribution >= 0.6 is 0 Å². The van der Waals surface area contributed by atoms with Gasteiger partial charge in [0.1, 0.15) is 0 Å². The van der Waals surface area contributed by atoms with Gasteiger partial charge in [-0.1, -0.05) is 20.8 Å². The number of ether oxygens (including phenoxy) is 1. The first-order chi connectivity index (χ1) is 8.32. The summed E-state index contributed by atoms with van der Waals surface area (Å²) in [4.78, 5) is 4.56. The molecular formula is C15H32N2O. The second kappa shape index (κ2) is 6.88. The Kier molecular flexibility index (Phi) is 6.09. The molecule has 0 saturated carbocycles. The molecule has 1 aliphatic heterocycles. The lowest BCUT2D eigenvalue weighted by Crippen LogP contribution is -2.30. The first-order valence-electron chi connectivity index (χ1n) is 7.27. The van der Waals surface area contributed by atoms with Crippen LogP contribution in [0, 0.1) is 17.8 Å². The minimum atomic E-state index is 0.491. The van der Waals surface area contributed by atoms with Crippen LogP contribution in [0.5, 0.6) is 0 Å². The molecule has 0 amide bonds. The molecule has 0 bridgehead atoms. The molecule has 0 spiro atoms. The summed E-state index contributed by atoms with van der Waals surface area (Å²) in [6.07, 6.45) is 2.22. The zero-order valence-corrected chi connectivity index (χ0v) is 13.3. The van der Waals surface area contributed by atoms with E-state index in [0.717, 1.165) is 13.1 Å². The van der Waals surface area contributed by atoms with Crippen molar-refractivity contribution in [1.29, 1.82) is 0 Å². The van der Waals surface area contributed by atoms with E-state index in [1.54, 1.807) is 0 Å². The summed E-state index contributed by atoms with van der Waals surface area (Å²) >= 11 is 0. The van der Waals surface area contributed by atoms with Crippen LogP contribution in [0.3, 0.4) is 0 Å². The lowest BCUT2D eigenvalue weighted by atomic mass is 9.88. The molecule has 2 unspecified atom stereocenters. The average Bonchev–Trinajstić information content (AvgIpc) is 3.02. The van der Waals surface area contributed by atoms with Crippen LogP contribution in [-0.2, 0) is 4.74 Å². The fourth-order valence-electron chi connectivity index (χ4n) is 2.57. The molecule has 0 aromatic carbocycles. The van der Waals surface area contributed by atoms with Gasteiger partial charge in [-0.15, -0.1) is 0 Å². The van der Waals surface area contributed by atoms with Crippen molar-refractivity contribution in [2.24, 2.45) is 17.8 Å². The van der Waals surface area contributed by atoms with Crippen LogP contribution in [-0.4, -0.2) is 63.3 Å². The smallest absolute Gasteiger partial charge is 0.0885 e. The van der Waals surface area contributed by atoms with Gasteiger partial charge in [-0.25, -0.2) is 0 Å². The van der Waals surface area contributed by atoms with Crippen molar-refractivity contribution in [3.05, 3.63) is 0 Å². The largest absolute Gasteiger partial charge is 0.369 e. The summed E-state index contributed by atoms with van der Waals surface area (Å²) < 4.78 is 5.99. The van der Waals surface area contributed by atoms with E-state index in [1.807, 2.05) is 0 Å². The number of rotatable bonds is 8. The van der Waals surface area contributed by atoms with Crippen LogP contribution in [0.4, 0.5) is 0 Å². The summed E-state index contributed by atoms with van der Waals surface area (Å²) in [5, 5.41) is 0. The van der Waals surface area contributed by atoms with Crippen LogP contribution in [0.15, 0.2) is 0 Å². The Morgan fingerprint density at radius 2 is 1.56 bits per heavy atom. The molecule has 4 atom stereocenters. The molecule has 0 N–H and O–H groups in total. The number of nitrogens with zero attached hydrogens (tertiary/aromatic N) is 2. The summed E-state index contributed by atoms with van der Waals surface area (Å²) in [5.74, 6) is 2.07. The van der Waals surface area contributed by atoms with Gasteiger partial charge < -0.3 is 14.5 Å². The van der Waals surface area contributed by atoms with Gasteiger partial charge in [0.2, 0.25) is 0 Å². The Morgan fingerprint density at radius 1 is 0.944 bits per heavy atom. The highest BCUT2D eigenvalue weighted by molar-refractivity contribution is 4.95. The Hall–Kier alpha value is -0.120. The van der Waals surface area contributed by atoms with Gasteiger partial charge in [-0.2, -0.15) is 0 Å². The van der Waals surface area contributed by atoms with Crippen LogP contribution < -0.4 is 0 Å². The van der Waals surface area contributed by atoms with Crippen molar-refractivity contribution >= 4 is 0 Å². The second-order valence-corrected chi connectivity index (χ2v) is 6.78. The molecule has 3 nitrogen and oxygen atoms in total. The van der Waals surface area contributed by atoms with E-state index in [2.05, 4.69) is 58.8 Å². The molecule has 18 heavy (non-hydrogen) atoms. The number of hydrogen-bond donors (Lipinski definition) is 0. The van der Waals surface area contributed by atoms with Crippen molar-refractivity contribution < 1.29 is 4.74 Å². The minimum Gasteiger partial charge on any atom is -0.369 e. The highest BCUT2D eigenvalue weighted by Gasteiger charge is 2.48. The van der Waals surface area contributed by atoms with Gasteiger partial charge in [0.25, 0.3) is 0 Å². The molecule has 108 valence electrons. The van der Waals surface area contributed by atoms with Crippen molar-refractivity contribution in [1.82, 2.24) is 9.80 Å². The fraction of sp³-hybridized carbons (Fsp3) is 1.00. The molecule has 1 heterocycles. The maximum atomic E-state index is 5.99. The zero-order chi connectivity index (χ0) is 13.9. The summed E-state index contributed by atoms with van der Waals surface area (Å²) in [5.41, 5.74) is 0. The predicted molar refractivity (Wildman–Crippen MR) is 77.9 cm³/mol. The van der Waals surface area contributed by atoms with E-state index < -0.39 is 0 Å². The monoisotopic (exact) mass is 256 g/mol. The maximum Gasteiger partial charge on any atom is 0.0885 e. The third kappa shape index (κ3) is 4.87. The molecule has 1 rings (SSSR count). The Balaban J connectivity index is 2.47. The third-order valence-corrected chi connectivity index (χ3v) is 4.14. The van der Waals surface area contributed by atoms with Gasteiger partial charge in [-0.05, 0) is 53.0 Å². The molecule has 0 radical (unpaired) electrons. The van der Waals surface area contributed by atoms with E-state index in [0.29, 0.717) is 30.0 Å². The Morgan fingerprint density at radius 3 is 2.00 bits per heavy atom. The van der Waals surface area contributed by atoms with Crippen LogP contribution in [0.1, 0.15) is 27.2 Å². The molecule has 1 aliphatic rings. The summed E-state index contributed by atoms with van der Waals surface area (Å²) in [6.45, 7) is 9.21. The predicted octanol–water partition coefficient (Wildman–Crippen LogP) is 2.18. The highest BCUT2D eigenvalue weighted by atomic mass is 16.6. The standard InChI is InChI=1S/C15H32N2O/c1-11(2)12(3)14-15(18-14)13(10-17(6)7)8-9-16(4)5/h11-15H,8-10H2,1-7H3/t12?,13-,14+,15?/m1/s1. The van der Waals surface area contributed by atoms with E-state index in [4.69, 9.17) is 4.74 Å². The van der Waals surface area contributed by atoms with Crippen LogP contribution in [0.25, 0.3) is 0 Å². The van der Waals surface area contributed by atoms with Crippen molar-refractivity contribution in [3.8, 4) is 0 Å². The number of hydrogen-bond acceptors (Lipinski definition) is 3. The van der Waals surface area contributed by atoms with Crippen molar-refractivity contribution in [2.45, 2.75) is 39.4 Å². The normalized spacial score (nSPS) is 27.0. The second-order valence-electron chi connectivity index (χ2n) is 6.78. The first kappa shape index (κ1) is 15.9. The average molecular weight is 256 g/mol. The molecular weight excluding hydrogens is 224 g/mol. The number of epoxide rings is 1. The van der Waals surface area contributed by atoms with E-state index in [1.165, 1.54) is 6.42 Å². The molecule has 0 aliphatic carbocycles. The van der Waals surface area contributed by atoms with E-state index in [9.17, 15) is 0 Å². The van der Waals surface area contributed by atoms with Crippen molar-refractivity contribution in [2.75, 3.05) is 41.3 Å². The SMILES string of the molecule is CC(C)C(C)[C@@H]1OC1[C@H](CCN(C)C)CN(C)C. The maximum absolute atomic E-state index is 5.99. The van der Waals surface area contributed by atoms with Crippen LogP contribution in [0.2, 0.25) is 0 Å². The topological polar surface area (TPSA) is 19.0 Å². The molecule has 0 aromatic rings. The minimum absolute atomic E-state index is 0.491. The zero-order valence-electron chi connectivity index (χ0n) is 13.3. The molecule has 1 fully saturated rings. The summed E-state index contributed by atoms with van der Waals surface area (Å²) in [6, 6.07) is 0. The fourth-order valence-corrected chi connectivity index (χ4v) is 2.57. The quantitative estimate of drug-likeness (QED) is 0.620. The first-order valence-corrected chi connectivity index (χ1v) is 7.27. The van der Waals surface area contributed by atoms with Gasteiger partial charge in [0.15, 0.2) is 0 Å². The Labute approximate surface area is 113 Å². The van der Waals surface area contributed by atoms with Gasteiger partial charge in [0, 0.05) is 12.5 Å². The van der Waals surface area contributed by atoms with Gasteiger partial charge in [-0.3, -0.25) is 0 Å². The summed E-state index contributed by atoms with van der Waals surface area (Å²) in [7, 11) is 8.61. The lowest BCUT2D eigenvalue weighted by Gasteiger charge is -2.22. The van der Waals surface area contributed by atoms with Gasteiger partial charge >= 0.3 is 0 Å². The van der Waals surface area contributed by atoms with Crippen molar-refractivity contribution in [3.63, 3.8) is 0 Å². The van der Waals surface area contributed by atoms with E-state index in [-0.39, 0.29) is 0 Å².